The van der Waals surface area contributed by atoms with Crippen molar-refractivity contribution >= 4 is 11.9 Å². The fourth-order valence-corrected chi connectivity index (χ4v) is 2.94. The van der Waals surface area contributed by atoms with Crippen molar-refractivity contribution in [3.8, 4) is 5.75 Å². The van der Waals surface area contributed by atoms with Crippen LogP contribution in [0.4, 0.5) is 5.69 Å². The van der Waals surface area contributed by atoms with Gasteiger partial charge in [0, 0.05) is 11.8 Å². The van der Waals surface area contributed by atoms with Crippen LogP contribution in [0.1, 0.15) is 49.9 Å². The molecule has 1 N–H and O–H groups in total. The van der Waals surface area contributed by atoms with Crippen molar-refractivity contribution in [1.29, 1.82) is 0 Å². The maximum Gasteiger partial charge on any atom is 0.127 e. The number of rotatable bonds is 6. The largest absolute Gasteiger partial charge is 0.507 e. The van der Waals surface area contributed by atoms with E-state index in [1.165, 1.54) is 11.1 Å². The van der Waals surface area contributed by atoms with Gasteiger partial charge >= 0.3 is 0 Å². The number of benzene rings is 2. The van der Waals surface area contributed by atoms with E-state index in [4.69, 9.17) is 4.99 Å². The smallest absolute Gasteiger partial charge is 0.127 e. The van der Waals surface area contributed by atoms with Gasteiger partial charge in [0.1, 0.15) is 5.75 Å². The minimum absolute atomic E-state index is 0.313. The predicted octanol–water partition coefficient (Wildman–Crippen LogP) is 5.85. The number of para-hydroxylation sites is 2. The Kier molecular flexibility index (Phi) is 6.19. The van der Waals surface area contributed by atoms with E-state index in [2.05, 4.69) is 45.9 Å². The molecular formula is C22H29NO. The molecule has 0 aromatic heterocycles. The van der Waals surface area contributed by atoms with Gasteiger partial charge in [-0.15, -0.1) is 0 Å². The highest BCUT2D eigenvalue weighted by molar-refractivity contribution is 5.86. The molecule has 2 heteroatoms. The summed E-state index contributed by atoms with van der Waals surface area (Å²) in [5.41, 5.74) is 5.28. The Morgan fingerprint density at radius 2 is 1.46 bits per heavy atom. The molecule has 2 aromatic rings. The van der Waals surface area contributed by atoms with Crippen molar-refractivity contribution in [2.75, 3.05) is 0 Å². The molecule has 0 spiro atoms. The monoisotopic (exact) mass is 323 g/mol. The average molecular weight is 323 g/mol. The van der Waals surface area contributed by atoms with Crippen LogP contribution in [0.5, 0.6) is 5.75 Å². The number of phenolic OH excluding ortho intramolecular Hbond substituents is 1. The second-order valence-corrected chi connectivity index (χ2v) is 7.39. The molecule has 0 saturated carbocycles. The standard InChI is InChI=1S/C22H29NO/c1-15(2)12-18-9-7-10-19(13-16(3)4)21(18)23-14-20-11-6-8-17(5)22(20)24/h6-11,14-16,24H,12-13H2,1-5H3. The molecule has 2 nitrogen and oxygen atoms in total. The van der Waals surface area contributed by atoms with Gasteiger partial charge in [0.15, 0.2) is 0 Å². The molecule has 0 heterocycles. The molecule has 0 aliphatic carbocycles. The van der Waals surface area contributed by atoms with Gasteiger partial charge in [-0.2, -0.15) is 0 Å². The highest BCUT2D eigenvalue weighted by atomic mass is 16.3. The third-order valence-electron chi connectivity index (χ3n) is 4.06. The van der Waals surface area contributed by atoms with Gasteiger partial charge < -0.3 is 5.11 Å². The quantitative estimate of drug-likeness (QED) is 0.665. The molecule has 24 heavy (non-hydrogen) atoms. The van der Waals surface area contributed by atoms with Crippen LogP contribution in [-0.4, -0.2) is 11.3 Å². The summed E-state index contributed by atoms with van der Waals surface area (Å²) >= 11 is 0. The zero-order chi connectivity index (χ0) is 17.7. The van der Waals surface area contributed by atoms with Crippen molar-refractivity contribution < 1.29 is 5.11 Å². The lowest BCUT2D eigenvalue weighted by Gasteiger charge is -2.14. The lowest BCUT2D eigenvalue weighted by molar-refractivity contribution is 0.470. The van der Waals surface area contributed by atoms with Crippen molar-refractivity contribution in [3.63, 3.8) is 0 Å². The Balaban J connectivity index is 2.45. The van der Waals surface area contributed by atoms with E-state index in [0.29, 0.717) is 17.6 Å². The molecule has 0 amide bonds. The first-order valence-electron chi connectivity index (χ1n) is 8.82. The minimum atomic E-state index is 0.313. The van der Waals surface area contributed by atoms with Crippen molar-refractivity contribution in [2.24, 2.45) is 16.8 Å². The maximum absolute atomic E-state index is 10.2. The Morgan fingerprint density at radius 3 is 2.00 bits per heavy atom. The molecule has 0 bridgehead atoms. The Hall–Kier alpha value is -2.09. The molecule has 128 valence electrons. The Morgan fingerprint density at radius 1 is 0.917 bits per heavy atom. The zero-order valence-corrected chi connectivity index (χ0v) is 15.5. The van der Waals surface area contributed by atoms with Crippen molar-refractivity contribution in [3.05, 3.63) is 58.7 Å². The van der Waals surface area contributed by atoms with Gasteiger partial charge in [-0.05, 0) is 54.4 Å². The van der Waals surface area contributed by atoms with E-state index >= 15 is 0 Å². The maximum atomic E-state index is 10.2. The molecule has 0 aliphatic heterocycles. The summed E-state index contributed by atoms with van der Waals surface area (Å²) in [6, 6.07) is 12.2. The molecule has 0 saturated heterocycles. The molecule has 0 radical (unpaired) electrons. The van der Waals surface area contributed by atoms with Crippen LogP contribution in [0.2, 0.25) is 0 Å². The van der Waals surface area contributed by atoms with Crippen LogP contribution >= 0.6 is 0 Å². The molecule has 0 aliphatic rings. The van der Waals surface area contributed by atoms with Gasteiger partial charge in [0.05, 0.1) is 5.69 Å². The van der Waals surface area contributed by atoms with Crippen LogP contribution < -0.4 is 0 Å². The third kappa shape index (κ3) is 4.70. The van der Waals surface area contributed by atoms with Gasteiger partial charge in [0.2, 0.25) is 0 Å². The first kappa shape index (κ1) is 18.3. The highest BCUT2D eigenvalue weighted by Crippen LogP contribution is 2.29. The topological polar surface area (TPSA) is 32.6 Å². The van der Waals surface area contributed by atoms with Gasteiger partial charge in [-0.1, -0.05) is 58.0 Å². The lowest BCUT2D eigenvalue weighted by atomic mass is 9.94. The summed E-state index contributed by atoms with van der Waals surface area (Å²) in [6.07, 6.45) is 3.82. The number of hydrogen-bond acceptors (Lipinski definition) is 2. The number of nitrogens with zero attached hydrogens (tertiary/aromatic N) is 1. The number of aryl methyl sites for hydroxylation is 1. The van der Waals surface area contributed by atoms with E-state index in [9.17, 15) is 5.11 Å². The Bertz CT molecular complexity index is 686. The number of aromatic hydroxyl groups is 1. The van der Waals surface area contributed by atoms with Crippen LogP contribution in [-0.2, 0) is 12.8 Å². The molecule has 2 rings (SSSR count). The van der Waals surface area contributed by atoms with Gasteiger partial charge in [0.25, 0.3) is 0 Å². The molecular weight excluding hydrogens is 294 g/mol. The normalized spacial score (nSPS) is 11.8. The SMILES string of the molecule is Cc1cccc(C=Nc2c(CC(C)C)cccc2CC(C)C)c1O. The van der Waals surface area contributed by atoms with Crippen LogP contribution in [0.3, 0.4) is 0 Å². The van der Waals surface area contributed by atoms with Crippen LogP contribution in [0, 0.1) is 18.8 Å². The average Bonchev–Trinajstić information content (AvgIpc) is 2.49. The number of hydrogen-bond donors (Lipinski definition) is 1. The Labute approximate surface area is 146 Å². The summed E-state index contributed by atoms with van der Waals surface area (Å²) in [5, 5.41) is 10.2. The summed E-state index contributed by atoms with van der Waals surface area (Å²) in [6.45, 7) is 10.8. The van der Waals surface area contributed by atoms with Gasteiger partial charge in [-0.3, -0.25) is 4.99 Å². The first-order chi connectivity index (χ1) is 11.4. The van der Waals surface area contributed by atoms with E-state index in [-0.39, 0.29) is 0 Å². The molecule has 0 atom stereocenters. The predicted molar refractivity (Wildman–Crippen MR) is 104 cm³/mol. The minimum Gasteiger partial charge on any atom is -0.507 e. The molecule has 2 aromatic carbocycles. The van der Waals surface area contributed by atoms with Crippen LogP contribution in [0.15, 0.2) is 41.4 Å². The molecule has 0 fully saturated rings. The van der Waals surface area contributed by atoms with E-state index in [1.807, 2.05) is 25.1 Å². The summed E-state index contributed by atoms with van der Waals surface area (Å²) < 4.78 is 0. The fraction of sp³-hybridized carbons (Fsp3) is 0.409. The number of phenols is 1. The second kappa shape index (κ2) is 8.14. The van der Waals surface area contributed by atoms with Crippen molar-refractivity contribution in [2.45, 2.75) is 47.5 Å². The summed E-state index contributed by atoms with van der Waals surface area (Å²) in [7, 11) is 0. The van der Waals surface area contributed by atoms with Crippen LogP contribution in [0.25, 0.3) is 0 Å². The van der Waals surface area contributed by atoms with Gasteiger partial charge in [-0.25, -0.2) is 0 Å². The number of aliphatic imine (C=N–C) groups is 1. The van der Waals surface area contributed by atoms with E-state index < -0.39 is 0 Å². The first-order valence-corrected chi connectivity index (χ1v) is 8.82. The zero-order valence-electron chi connectivity index (χ0n) is 15.5. The van der Waals surface area contributed by atoms with E-state index in [1.54, 1.807) is 6.21 Å². The third-order valence-corrected chi connectivity index (χ3v) is 4.06. The second-order valence-electron chi connectivity index (χ2n) is 7.39. The fourth-order valence-electron chi connectivity index (χ4n) is 2.94. The van der Waals surface area contributed by atoms with E-state index in [0.717, 1.165) is 29.7 Å². The lowest BCUT2D eigenvalue weighted by Crippen LogP contribution is -2.00. The van der Waals surface area contributed by atoms with Crippen molar-refractivity contribution in [1.82, 2.24) is 0 Å². The molecule has 0 unspecified atom stereocenters. The summed E-state index contributed by atoms with van der Waals surface area (Å²) in [5.74, 6) is 1.48. The highest BCUT2D eigenvalue weighted by Gasteiger charge is 2.11. The summed E-state index contributed by atoms with van der Waals surface area (Å²) in [4.78, 5) is 4.80.